The van der Waals surface area contributed by atoms with Crippen LogP contribution in [0.3, 0.4) is 0 Å². The van der Waals surface area contributed by atoms with Gasteiger partial charge >= 0.3 is 5.97 Å². The van der Waals surface area contributed by atoms with Crippen molar-refractivity contribution in [3.63, 3.8) is 0 Å². The predicted molar refractivity (Wildman–Crippen MR) is 105 cm³/mol. The molecule has 3 rings (SSSR count). The van der Waals surface area contributed by atoms with E-state index in [9.17, 15) is 9.59 Å². The molecule has 1 unspecified atom stereocenters. The fourth-order valence-corrected chi connectivity index (χ4v) is 4.33. The summed E-state index contributed by atoms with van der Waals surface area (Å²) >= 11 is 1.36. The summed E-state index contributed by atoms with van der Waals surface area (Å²) in [4.78, 5) is 28.5. The number of esters is 1. The van der Waals surface area contributed by atoms with Gasteiger partial charge in [-0.2, -0.15) is 10.4 Å². The van der Waals surface area contributed by atoms with Gasteiger partial charge in [-0.05, 0) is 44.3 Å². The maximum absolute atomic E-state index is 12.9. The first-order valence-corrected chi connectivity index (χ1v) is 9.76. The van der Waals surface area contributed by atoms with Crippen LogP contribution in [0.5, 0.6) is 0 Å². The van der Waals surface area contributed by atoms with Gasteiger partial charge in [0.25, 0.3) is 0 Å². The molecule has 2 aromatic heterocycles. The zero-order valence-corrected chi connectivity index (χ0v) is 16.6. The van der Waals surface area contributed by atoms with E-state index >= 15 is 0 Å². The Bertz CT molecular complexity index is 915. The number of nitrogens with zero attached hydrogens (tertiary/aromatic N) is 4. The van der Waals surface area contributed by atoms with Gasteiger partial charge in [-0.15, -0.1) is 11.3 Å². The summed E-state index contributed by atoms with van der Waals surface area (Å²) in [7, 11) is 3.24. The van der Waals surface area contributed by atoms with Crippen molar-refractivity contribution in [2.45, 2.75) is 25.3 Å². The molecule has 0 aromatic carbocycles. The number of aryl methyl sites for hydroxylation is 1. The molecule has 3 N–H and O–H groups in total. The molecule has 0 aliphatic carbocycles. The molecule has 1 amide bonds. The van der Waals surface area contributed by atoms with E-state index in [4.69, 9.17) is 15.7 Å². The van der Waals surface area contributed by atoms with E-state index in [1.165, 1.54) is 18.4 Å². The molecule has 0 saturated carbocycles. The Morgan fingerprint density at radius 2 is 2.39 bits per heavy atom. The lowest BCUT2D eigenvalue weighted by Crippen LogP contribution is -2.40. The average Bonchev–Trinajstić information content (AvgIpc) is 3.39. The van der Waals surface area contributed by atoms with Crippen LogP contribution >= 0.6 is 11.3 Å². The summed E-state index contributed by atoms with van der Waals surface area (Å²) in [5.74, 6) is -0.239. The normalized spacial score (nSPS) is 16.6. The lowest BCUT2D eigenvalue weighted by atomic mass is 10.1. The van der Waals surface area contributed by atoms with Crippen molar-refractivity contribution in [3.05, 3.63) is 28.3 Å². The number of thiophene rings is 1. The standard InChI is InChI=1S/C18H22N6O3S/c1-23(7-3-4-13-12(10-19)15(20)22-21-13)14-5-8-24(16(14)25)17-11(6-9-28-17)18(26)27-2/h6,9,14H,3-5,7-8H2,1-2H3,(H3,20,21,22). The summed E-state index contributed by atoms with van der Waals surface area (Å²) in [6, 6.07) is 3.49. The van der Waals surface area contributed by atoms with Crippen LogP contribution in [0.25, 0.3) is 0 Å². The lowest BCUT2D eigenvalue weighted by Gasteiger charge is -2.23. The van der Waals surface area contributed by atoms with Gasteiger partial charge in [-0.3, -0.25) is 14.8 Å². The molecule has 10 heteroatoms. The minimum absolute atomic E-state index is 0.0152. The molecule has 1 saturated heterocycles. The molecule has 1 fully saturated rings. The molecule has 0 spiro atoms. The Balaban J connectivity index is 1.59. The molecule has 9 nitrogen and oxygen atoms in total. The van der Waals surface area contributed by atoms with Crippen LogP contribution in [0.4, 0.5) is 10.8 Å². The molecule has 1 aliphatic rings. The summed E-state index contributed by atoms with van der Waals surface area (Å²) in [6.07, 6.45) is 2.07. The first kappa shape index (κ1) is 19.9. The summed E-state index contributed by atoms with van der Waals surface area (Å²) < 4.78 is 4.80. The quantitative estimate of drug-likeness (QED) is 0.670. The van der Waals surface area contributed by atoms with Crippen molar-refractivity contribution in [1.82, 2.24) is 15.1 Å². The highest BCUT2D eigenvalue weighted by atomic mass is 32.1. The molecule has 148 valence electrons. The van der Waals surface area contributed by atoms with E-state index in [0.29, 0.717) is 47.8 Å². The van der Waals surface area contributed by atoms with Gasteiger partial charge in [0.05, 0.1) is 24.4 Å². The maximum Gasteiger partial charge on any atom is 0.340 e. The van der Waals surface area contributed by atoms with Crippen molar-refractivity contribution < 1.29 is 14.3 Å². The number of hydrogen-bond donors (Lipinski definition) is 2. The molecule has 1 aliphatic heterocycles. The van der Waals surface area contributed by atoms with Crippen LogP contribution in [0.1, 0.15) is 34.5 Å². The van der Waals surface area contributed by atoms with Gasteiger partial charge in [0.2, 0.25) is 5.91 Å². The van der Waals surface area contributed by atoms with Gasteiger partial charge in [0.1, 0.15) is 16.6 Å². The highest BCUT2D eigenvalue weighted by Gasteiger charge is 2.37. The van der Waals surface area contributed by atoms with E-state index in [2.05, 4.69) is 16.3 Å². The SMILES string of the molecule is COC(=O)c1ccsc1N1CCC(N(C)CCCc2[nH]nc(N)c2C#N)C1=O. The number of nitrogens with two attached hydrogens (primary N) is 1. The summed E-state index contributed by atoms with van der Waals surface area (Å²) in [5.41, 5.74) is 7.17. The second-order valence-corrected chi connectivity index (χ2v) is 7.48. The molecule has 0 radical (unpaired) electrons. The lowest BCUT2D eigenvalue weighted by molar-refractivity contribution is -0.121. The third kappa shape index (κ3) is 3.72. The van der Waals surface area contributed by atoms with Crippen LogP contribution in [0, 0.1) is 11.3 Å². The van der Waals surface area contributed by atoms with E-state index in [0.717, 1.165) is 6.42 Å². The number of H-pyrrole nitrogens is 1. The van der Waals surface area contributed by atoms with Crippen molar-refractivity contribution >= 4 is 34.0 Å². The van der Waals surface area contributed by atoms with Crippen molar-refractivity contribution in [3.8, 4) is 6.07 Å². The molecule has 1 atom stereocenters. The van der Waals surface area contributed by atoms with E-state index < -0.39 is 5.97 Å². The fraction of sp³-hybridized carbons (Fsp3) is 0.444. The van der Waals surface area contributed by atoms with Crippen molar-refractivity contribution in [2.75, 3.05) is 37.9 Å². The number of anilines is 2. The van der Waals surface area contributed by atoms with Crippen LogP contribution in [0.2, 0.25) is 0 Å². The molecule has 28 heavy (non-hydrogen) atoms. The van der Waals surface area contributed by atoms with Crippen LogP contribution in [0.15, 0.2) is 11.4 Å². The van der Waals surface area contributed by atoms with E-state index in [1.54, 1.807) is 16.3 Å². The first-order chi connectivity index (χ1) is 13.5. The second-order valence-electron chi connectivity index (χ2n) is 6.58. The van der Waals surface area contributed by atoms with E-state index in [1.807, 2.05) is 11.9 Å². The van der Waals surface area contributed by atoms with Crippen LogP contribution in [-0.2, 0) is 16.0 Å². The number of amides is 1. The number of rotatable bonds is 7. The number of ether oxygens (including phenoxy) is 1. The van der Waals surface area contributed by atoms with Gasteiger partial charge < -0.3 is 15.4 Å². The largest absolute Gasteiger partial charge is 0.465 e. The molecular formula is C18H22N6O3S. The molecule has 3 heterocycles. The van der Waals surface area contributed by atoms with Crippen molar-refractivity contribution in [1.29, 1.82) is 5.26 Å². The number of carbonyl (C=O) groups is 2. The zero-order chi connectivity index (χ0) is 20.3. The summed E-state index contributed by atoms with van der Waals surface area (Å²) in [5, 5.41) is 18.2. The number of nitrogen functional groups attached to an aromatic ring is 1. The number of hydrogen-bond acceptors (Lipinski definition) is 8. The highest BCUT2D eigenvalue weighted by Crippen LogP contribution is 2.32. The summed E-state index contributed by atoms with van der Waals surface area (Å²) in [6.45, 7) is 1.25. The minimum Gasteiger partial charge on any atom is -0.465 e. The fourth-order valence-electron chi connectivity index (χ4n) is 3.41. The maximum atomic E-state index is 12.9. The number of nitriles is 1. The Hall–Kier alpha value is -2.90. The predicted octanol–water partition coefficient (Wildman–Crippen LogP) is 1.38. The van der Waals surface area contributed by atoms with Gasteiger partial charge in [-0.1, -0.05) is 0 Å². The van der Waals surface area contributed by atoms with Crippen LogP contribution in [-0.4, -0.2) is 60.3 Å². The first-order valence-electron chi connectivity index (χ1n) is 8.88. The zero-order valence-electron chi connectivity index (χ0n) is 15.8. The minimum atomic E-state index is -0.437. The third-order valence-electron chi connectivity index (χ3n) is 4.92. The smallest absolute Gasteiger partial charge is 0.340 e. The number of nitrogens with one attached hydrogen (secondary N) is 1. The molecular weight excluding hydrogens is 380 g/mol. The van der Waals surface area contributed by atoms with Gasteiger partial charge in [0.15, 0.2) is 5.82 Å². The van der Waals surface area contributed by atoms with Gasteiger partial charge in [-0.25, -0.2) is 4.79 Å². The second kappa shape index (κ2) is 8.41. The van der Waals surface area contributed by atoms with Crippen LogP contribution < -0.4 is 10.6 Å². The number of aromatic amines is 1. The average molecular weight is 402 g/mol. The Morgan fingerprint density at radius 3 is 3.11 bits per heavy atom. The Kier molecular flexibility index (Phi) is 5.96. The highest BCUT2D eigenvalue weighted by molar-refractivity contribution is 7.14. The number of methoxy groups -OCH3 is 1. The number of aromatic nitrogens is 2. The molecule has 2 aromatic rings. The third-order valence-corrected chi connectivity index (χ3v) is 5.86. The Labute approximate surface area is 166 Å². The van der Waals surface area contributed by atoms with Gasteiger partial charge in [0, 0.05) is 6.54 Å². The number of carbonyl (C=O) groups excluding carboxylic acids is 2. The number of likely N-dealkylation sites (N-methyl/N-ethyl adjacent to an activating group) is 1. The van der Waals surface area contributed by atoms with Crippen molar-refractivity contribution in [2.24, 2.45) is 0 Å². The Morgan fingerprint density at radius 1 is 1.61 bits per heavy atom. The molecule has 0 bridgehead atoms. The monoisotopic (exact) mass is 402 g/mol. The topological polar surface area (TPSA) is 128 Å². The van der Waals surface area contributed by atoms with E-state index in [-0.39, 0.29) is 17.8 Å².